The molecule has 76 valence electrons. The Bertz CT molecular complexity index is 342. The van der Waals surface area contributed by atoms with Gasteiger partial charge in [0.2, 0.25) is 0 Å². The number of allylic oxidation sites excluding steroid dienone is 1. The van der Waals surface area contributed by atoms with Crippen LogP contribution in [0.25, 0.3) is 6.08 Å². The van der Waals surface area contributed by atoms with E-state index in [-0.39, 0.29) is 0 Å². The molecule has 0 atom stereocenters. The molecule has 0 aromatic heterocycles. The molecule has 1 aromatic carbocycles. The molecule has 0 saturated carbocycles. The summed E-state index contributed by atoms with van der Waals surface area (Å²) in [6, 6.07) is 3.97. The van der Waals surface area contributed by atoms with Crippen LogP contribution in [0.2, 0.25) is 5.02 Å². The summed E-state index contributed by atoms with van der Waals surface area (Å²) in [4.78, 5) is 0. The average molecular weight is 211 g/mol. The third kappa shape index (κ3) is 2.30. The monoisotopic (exact) mass is 210 g/mol. The highest BCUT2D eigenvalue weighted by molar-refractivity contribution is 6.31. The molecule has 0 aliphatic rings. The maximum atomic E-state index is 6.14. The van der Waals surface area contributed by atoms with Crippen molar-refractivity contribution in [3.8, 4) is 5.75 Å². The molecule has 0 heterocycles. The van der Waals surface area contributed by atoms with Gasteiger partial charge in [0.15, 0.2) is 0 Å². The predicted octanol–water partition coefficient (Wildman–Crippen LogP) is 3.94. The lowest BCUT2D eigenvalue weighted by molar-refractivity contribution is 0.410. The van der Waals surface area contributed by atoms with Crippen LogP contribution in [0.1, 0.15) is 25.0 Å². The Kier molecular flexibility index (Phi) is 4.02. The van der Waals surface area contributed by atoms with Crippen LogP contribution in [-0.2, 0) is 6.42 Å². The molecule has 0 aliphatic carbocycles. The van der Waals surface area contributed by atoms with Gasteiger partial charge >= 0.3 is 0 Å². The van der Waals surface area contributed by atoms with Crippen molar-refractivity contribution in [3.05, 3.63) is 34.4 Å². The van der Waals surface area contributed by atoms with Crippen LogP contribution in [0, 0.1) is 0 Å². The Morgan fingerprint density at radius 1 is 1.43 bits per heavy atom. The Morgan fingerprint density at radius 2 is 2.14 bits per heavy atom. The number of ether oxygens (including phenoxy) is 1. The average Bonchev–Trinajstić information content (AvgIpc) is 2.17. The lowest BCUT2D eigenvalue weighted by atomic mass is 10.1. The SMILES string of the molecule is C/C=C/c1cc(Cl)c(CC)c(OC)c1. The molecule has 2 heteroatoms. The Hall–Kier alpha value is -0.950. The second-order valence-corrected chi connectivity index (χ2v) is 3.44. The van der Waals surface area contributed by atoms with Crippen molar-refractivity contribution in [3.63, 3.8) is 0 Å². The minimum Gasteiger partial charge on any atom is -0.496 e. The van der Waals surface area contributed by atoms with Gasteiger partial charge in [-0.2, -0.15) is 0 Å². The van der Waals surface area contributed by atoms with Crippen molar-refractivity contribution < 1.29 is 4.74 Å². The van der Waals surface area contributed by atoms with Gasteiger partial charge in [0, 0.05) is 10.6 Å². The molecule has 0 saturated heterocycles. The molecule has 14 heavy (non-hydrogen) atoms. The first-order valence-electron chi connectivity index (χ1n) is 4.72. The fourth-order valence-corrected chi connectivity index (χ4v) is 1.80. The minimum atomic E-state index is 0.778. The van der Waals surface area contributed by atoms with Crippen LogP contribution in [0.15, 0.2) is 18.2 Å². The fourth-order valence-electron chi connectivity index (χ4n) is 1.45. The predicted molar refractivity (Wildman–Crippen MR) is 62.1 cm³/mol. The van der Waals surface area contributed by atoms with E-state index in [1.54, 1.807) is 7.11 Å². The summed E-state index contributed by atoms with van der Waals surface area (Å²) in [6.07, 6.45) is 4.88. The van der Waals surface area contributed by atoms with Crippen LogP contribution in [0.4, 0.5) is 0 Å². The third-order valence-electron chi connectivity index (χ3n) is 2.11. The van der Waals surface area contributed by atoms with E-state index in [1.807, 2.05) is 31.2 Å². The zero-order chi connectivity index (χ0) is 10.6. The Labute approximate surface area is 90.3 Å². The highest BCUT2D eigenvalue weighted by Crippen LogP contribution is 2.29. The molecule has 0 radical (unpaired) electrons. The molecule has 0 unspecified atom stereocenters. The number of hydrogen-bond donors (Lipinski definition) is 0. The topological polar surface area (TPSA) is 9.23 Å². The molecule has 0 bridgehead atoms. The maximum absolute atomic E-state index is 6.14. The van der Waals surface area contributed by atoms with Gasteiger partial charge in [-0.1, -0.05) is 30.7 Å². The number of halogens is 1. The standard InChI is InChI=1S/C12H15ClO/c1-4-6-9-7-11(13)10(5-2)12(8-9)14-3/h4,6-8H,5H2,1-3H3/b6-4+. The molecular formula is C12H15ClO. The molecule has 0 fully saturated rings. The smallest absolute Gasteiger partial charge is 0.124 e. The van der Waals surface area contributed by atoms with E-state index in [4.69, 9.17) is 16.3 Å². The van der Waals surface area contributed by atoms with Gasteiger partial charge < -0.3 is 4.74 Å². The van der Waals surface area contributed by atoms with Crippen molar-refractivity contribution >= 4 is 17.7 Å². The molecule has 1 rings (SSSR count). The number of rotatable bonds is 3. The quantitative estimate of drug-likeness (QED) is 0.734. The first kappa shape index (κ1) is 11.1. The molecule has 1 aromatic rings. The van der Waals surface area contributed by atoms with Gasteiger partial charge in [0.05, 0.1) is 7.11 Å². The second-order valence-electron chi connectivity index (χ2n) is 3.04. The zero-order valence-electron chi connectivity index (χ0n) is 8.80. The van der Waals surface area contributed by atoms with Crippen LogP contribution in [0.5, 0.6) is 5.75 Å². The second kappa shape index (κ2) is 5.06. The maximum Gasteiger partial charge on any atom is 0.124 e. The van der Waals surface area contributed by atoms with Gasteiger partial charge in [-0.05, 0) is 31.0 Å². The summed E-state index contributed by atoms with van der Waals surface area (Å²) in [5, 5.41) is 0.778. The fraction of sp³-hybridized carbons (Fsp3) is 0.333. The van der Waals surface area contributed by atoms with Crippen LogP contribution >= 0.6 is 11.6 Å². The summed E-state index contributed by atoms with van der Waals surface area (Å²) < 4.78 is 5.29. The van der Waals surface area contributed by atoms with E-state index in [2.05, 4.69) is 6.92 Å². The van der Waals surface area contributed by atoms with E-state index in [1.165, 1.54) is 0 Å². The summed E-state index contributed by atoms with van der Waals surface area (Å²) in [5.41, 5.74) is 2.15. The first-order valence-corrected chi connectivity index (χ1v) is 5.09. The molecular weight excluding hydrogens is 196 g/mol. The summed E-state index contributed by atoms with van der Waals surface area (Å²) >= 11 is 6.14. The van der Waals surface area contributed by atoms with Crippen molar-refractivity contribution in [1.29, 1.82) is 0 Å². The minimum absolute atomic E-state index is 0.778. The number of methoxy groups -OCH3 is 1. The van der Waals surface area contributed by atoms with Gasteiger partial charge in [0.1, 0.15) is 5.75 Å². The lowest BCUT2D eigenvalue weighted by Gasteiger charge is -2.09. The molecule has 0 aliphatic heterocycles. The zero-order valence-corrected chi connectivity index (χ0v) is 9.56. The van der Waals surface area contributed by atoms with Gasteiger partial charge in [-0.3, -0.25) is 0 Å². The van der Waals surface area contributed by atoms with Crippen molar-refractivity contribution in [2.45, 2.75) is 20.3 Å². The largest absolute Gasteiger partial charge is 0.496 e. The van der Waals surface area contributed by atoms with Gasteiger partial charge in [0.25, 0.3) is 0 Å². The molecule has 0 amide bonds. The first-order chi connectivity index (χ1) is 6.72. The number of hydrogen-bond acceptors (Lipinski definition) is 1. The van der Waals surface area contributed by atoms with Crippen molar-refractivity contribution in [2.24, 2.45) is 0 Å². The van der Waals surface area contributed by atoms with Crippen LogP contribution < -0.4 is 4.74 Å². The molecule has 0 N–H and O–H groups in total. The lowest BCUT2D eigenvalue weighted by Crippen LogP contribution is -1.92. The van der Waals surface area contributed by atoms with E-state index in [9.17, 15) is 0 Å². The van der Waals surface area contributed by atoms with E-state index < -0.39 is 0 Å². The molecule has 0 spiro atoms. The van der Waals surface area contributed by atoms with Gasteiger partial charge in [-0.15, -0.1) is 0 Å². The highest BCUT2D eigenvalue weighted by Gasteiger charge is 2.06. The normalized spacial score (nSPS) is 10.9. The highest BCUT2D eigenvalue weighted by atomic mass is 35.5. The van der Waals surface area contributed by atoms with Gasteiger partial charge in [-0.25, -0.2) is 0 Å². The van der Waals surface area contributed by atoms with E-state index >= 15 is 0 Å². The number of benzene rings is 1. The summed E-state index contributed by atoms with van der Waals surface area (Å²) in [5.74, 6) is 0.869. The molecule has 1 nitrogen and oxygen atoms in total. The summed E-state index contributed by atoms with van der Waals surface area (Å²) in [7, 11) is 1.67. The van der Waals surface area contributed by atoms with E-state index in [0.717, 1.165) is 28.3 Å². The van der Waals surface area contributed by atoms with Crippen molar-refractivity contribution in [2.75, 3.05) is 7.11 Å². The third-order valence-corrected chi connectivity index (χ3v) is 2.45. The summed E-state index contributed by atoms with van der Waals surface area (Å²) in [6.45, 7) is 4.05. The van der Waals surface area contributed by atoms with Crippen LogP contribution in [-0.4, -0.2) is 7.11 Å². The Morgan fingerprint density at radius 3 is 2.64 bits per heavy atom. The van der Waals surface area contributed by atoms with Crippen molar-refractivity contribution in [1.82, 2.24) is 0 Å². The van der Waals surface area contributed by atoms with Crippen LogP contribution in [0.3, 0.4) is 0 Å². The Balaban J connectivity index is 3.23. The van der Waals surface area contributed by atoms with E-state index in [0.29, 0.717) is 0 Å².